The van der Waals surface area contributed by atoms with Gasteiger partial charge in [-0.1, -0.05) is 6.07 Å². The number of amides is 1. The van der Waals surface area contributed by atoms with Crippen LogP contribution in [0.1, 0.15) is 41.6 Å². The van der Waals surface area contributed by atoms with Crippen LogP contribution in [0.25, 0.3) is 0 Å². The fourth-order valence-corrected chi connectivity index (χ4v) is 4.70. The first-order valence-corrected chi connectivity index (χ1v) is 10.1. The number of hydrogen-bond donors (Lipinski definition) is 1. The molecule has 4 rings (SSSR count). The van der Waals surface area contributed by atoms with Crippen molar-refractivity contribution >= 4 is 5.91 Å². The molecule has 1 amide bonds. The van der Waals surface area contributed by atoms with Gasteiger partial charge >= 0.3 is 0 Å². The van der Waals surface area contributed by atoms with Crippen LogP contribution >= 0.6 is 0 Å². The van der Waals surface area contributed by atoms with Gasteiger partial charge in [-0.25, -0.2) is 4.39 Å². The second-order valence-electron chi connectivity index (χ2n) is 7.88. The molecule has 0 saturated carbocycles. The van der Waals surface area contributed by atoms with Crippen molar-refractivity contribution in [2.75, 3.05) is 14.2 Å². The molecule has 5 nitrogen and oxygen atoms in total. The molecule has 0 aromatic heterocycles. The zero-order valence-electron chi connectivity index (χ0n) is 16.9. The predicted octanol–water partition coefficient (Wildman–Crippen LogP) is 3.77. The average molecular weight is 398 g/mol. The summed E-state index contributed by atoms with van der Waals surface area (Å²) in [5.74, 6) is 1.17. The fraction of sp³-hybridized carbons (Fsp3) is 0.435. The molecule has 1 N–H and O–H groups in total. The Balaban J connectivity index is 1.40. The molecule has 2 aliphatic heterocycles. The number of nitrogens with one attached hydrogen (secondary N) is 1. The lowest BCUT2D eigenvalue weighted by Crippen LogP contribution is -2.50. The third-order valence-corrected chi connectivity index (χ3v) is 6.17. The van der Waals surface area contributed by atoms with Gasteiger partial charge in [-0.05, 0) is 56.0 Å². The lowest BCUT2D eigenvalue weighted by Gasteiger charge is -2.39. The van der Waals surface area contributed by atoms with Crippen molar-refractivity contribution in [3.05, 3.63) is 59.4 Å². The Kier molecular flexibility index (Phi) is 5.72. The van der Waals surface area contributed by atoms with E-state index in [9.17, 15) is 9.18 Å². The number of rotatable bonds is 6. The molecule has 0 spiro atoms. The van der Waals surface area contributed by atoms with Crippen LogP contribution in [0.2, 0.25) is 0 Å². The van der Waals surface area contributed by atoms with Crippen LogP contribution in [0.4, 0.5) is 4.39 Å². The summed E-state index contributed by atoms with van der Waals surface area (Å²) in [5, 5.41) is 3.15. The number of methoxy groups -OCH3 is 2. The number of benzene rings is 2. The van der Waals surface area contributed by atoms with E-state index in [0.29, 0.717) is 17.6 Å². The molecule has 2 bridgehead atoms. The van der Waals surface area contributed by atoms with Crippen LogP contribution in [-0.2, 0) is 6.54 Å². The average Bonchev–Trinajstić information content (AvgIpc) is 2.96. The number of ether oxygens (including phenoxy) is 2. The third kappa shape index (κ3) is 4.22. The quantitative estimate of drug-likeness (QED) is 0.805. The Morgan fingerprint density at radius 1 is 1.07 bits per heavy atom. The van der Waals surface area contributed by atoms with Gasteiger partial charge in [0.15, 0.2) is 0 Å². The standard InChI is InChI=1S/C23H27FN2O3/c1-28-21-10-5-16(22(13-21)29-2)14-26-19-8-9-20(26)12-18(11-19)25-23(27)15-3-6-17(24)7-4-15/h3-7,10,13,18-20H,8-9,11-12,14H2,1-2H3,(H,25,27). The van der Waals surface area contributed by atoms with Crippen molar-refractivity contribution in [2.24, 2.45) is 0 Å². The monoisotopic (exact) mass is 398 g/mol. The number of nitrogens with zero attached hydrogens (tertiary/aromatic N) is 1. The maximum atomic E-state index is 13.1. The lowest BCUT2D eigenvalue weighted by atomic mass is 9.96. The predicted molar refractivity (Wildman–Crippen MR) is 109 cm³/mol. The van der Waals surface area contributed by atoms with Crippen LogP contribution in [-0.4, -0.2) is 43.2 Å². The van der Waals surface area contributed by atoms with E-state index in [1.807, 2.05) is 12.1 Å². The van der Waals surface area contributed by atoms with E-state index in [4.69, 9.17) is 9.47 Å². The van der Waals surface area contributed by atoms with Crippen molar-refractivity contribution in [1.29, 1.82) is 0 Å². The highest BCUT2D eigenvalue weighted by atomic mass is 19.1. The Bertz CT molecular complexity index is 857. The van der Waals surface area contributed by atoms with Crippen molar-refractivity contribution in [3.8, 4) is 11.5 Å². The minimum Gasteiger partial charge on any atom is -0.497 e. The van der Waals surface area contributed by atoms with Crippen LogP contribution in [0.15, 0.2) is 42.5 Å². The molecule has 0 aliphatic carbocycles. The van der Waals surface area contributed by atoms with Gasteiger partial charge in [0.1, 0.15) is 17.3 Å². The number of piperidine rings is 1. The molecule has 0 radical (unpaired) electrons. The molecule has 2 aliphatic rings. The maximum Gasteiger partial charge on any atom is 0.251 e. The number of hydrogen-bond acceptors (Lipinski definition) is 4. The topological polar surface area (TPSA) is 50.8 Å². The maximum absolute atomic E-state index is 13.1. The summed E-state index contributed by atoms with van der Waals surface area (Å²) in [6, 6.07) is 12.7. The summed E-state index contributed by atoms with van der Waals surface area (Å²) in [4.78, 5) is 15.0. The van der Waals surface area contributed by atoms with E-state index >= 15 is 0 Å². The first-order chi connectivity index (χ1) is 14.1. The van der Waals surface area contributed by atoms with Gasteiger partial charge in [-0.3, -0.25) is 9.69 Å². The van der Waals surface area contributed by atoms with E-state index in [1.54, 1.807) is 14.2 Å². The normalized spacial score (nSPS) is 23.6. The molecule has 2 atom stereocenters. The summed E-state index contributed by atoms with van der Waals surface area (Å²) in [5.41, 5.74) is 1.66. The number of fused-ring (bicyclic) bond motifs is 2. The van der Waals surface area contributed by atoms with Crippen LogP contribution in [0.3, 0.4) is 0 Å². The zero-order valence-corrected chi connectivity index (χ0v) is 16.9. The molecule has 2 saturated heterocycles. The SMILES string of the molecule is COc1ccc(CN2C3CCC2CC(NC(=O)c2ccc(F)cc2)C3)c(OC)c1. The molecule has 2 aromatic carbocycles. The van der Waals surface area contributed by atoms with Crippen molar-refractivity contribution in [1.82, 2.24) is 10.2 Å². The Morgan fingerprint density at radius 3 is 2.38 bits per heavy atom. The van der Waals surface area contributed by atoms with E-state index in [-0.39, 0.29) is 17.8 Å². The van der Waals surface area contributed by atoms with Crippen molar-refractivity contribution in [3.63, 3.8) is 0 Å². The minimum atomic E-state index is -0.332. The highest BCUT2D eigenvalue weighted by Crippen LogP contribution is 2.38. The highest BCUT2D eigenvalue weighted by Gasteiger charge is 2.41. The molecule has 2 aromatic rings. The van der Waals surface area contributed by atoms with Gasteiger partial charge in [0.05, 0.1) is 14.2 Å². The van der Waals surface area contributed by atoms with Gasteiger partial charge < -0.3 is 14.8 Å². The molecule has 29 heavy (non-hydrogen) atoms. The van der Waals surface area contributed by atoms with Gasteiger partial charge in [0.25, 0.3) is 5.91 Å². The number of carbonyl (C=O) groups is 1. The summed E-state index contributed by atoms with van der Waals surface area (Å²) < 4.78 is 23.9. The van der Waals surface area contributed by atoms with Gasteiger partial charge in [-0.15, -0.1) is 0 Å². The second-order valence-corrected chi connectivity index (χ2v) is 7.88. The largest absolute Gasteiger partial charge is 0.497 e. The van der Waals surface area contributed by atoms with E-state index in [2.05, 4.69) is 16.3 Å². The van der Waals surface area contributed by atoms with Crippen LogP contribution in [0, 0.1) is 5.82 Å². The van der Waals surface area contributed by atoms with Crippen LogP contribution in [0.5, 0.6) is 11.5 Å². The fourth-order valence-electron chi connectivity index (χ4n) is 4.70. The minimum absolute atomic E-state index is 0.125. The molecule has 2 heterocycles. The third-order valence-electron chi connectivity index (χ3n) is 6.17. The van der Waals surface area contributed by atoms with Crippen molar-refractivity contribution in [2.45, 2.75) is 50.4 Å². The van der Waals surface area contributed by atoms with E-state index in [0.717, 1.165) is 49.3 Å². The molecule has 154 valence electrons. The first-order valence-electron chi connectivity index (χ1n) is 10.1. The van der Waals surface area contributed by atoms with E-state index in [1.165, 1.54) is 24.3 Å². The summed E-state index contributed by atoms with van der Waals surface area (Å²) in [6.45, 7) is 0.834. The number of halogens is 1. The number of carbonyl (C=O) groups excluding carboxylic acids is 1. The highest BCUT2D eigenvalue weighted by molar-refractivity contribution is 5.94. The zero-order chi connectivity index (χ0) is 20.4. The Labute approximate surface area is 170 Å². The summed E-state index contributed by atoms with van der Waals surface area (Å²) in [6.07, 6.45) is 4.15. The molecule has 2 fully saturated rings. The molecular formula is C23H27FN2O3. The first kappa shape index (κ1) is 19.7. The van der Waals surface area contributed by atoms with Gasteiger partial charge in [-0.2, -0.15) is 0 Å². The second kappa shape index (κ2) is 8.41. The van der Waals surface area contributed by atoms with Crippen molar-refractivity contribution < 1.29 is 18.7 Å². The van der Waals surface area contributed by atoms with E-state index < -0.39 is 0 Å². The smallest absolute Gasteiger partial charge is 0.251 e. The van der Waals surface area contributed by atoms with Gasteiger partial charge in [0, 0.05) is 41.9 Å². The molecule has 2 unspecified atom stereocenters. The van der Waals surface area contributed by atoms with Crippen LogP contribution < -0.4 is 14.8 Å². The van der Waals surface area contributed by atoms with Gasteiger partial charge in [0.2, 0.25) is 0 Å². The molecular weight excluding hydrogens is 371 g/mol. The Hall–Kier alpha value is -2.60. The molecule has 6 heteroatoms. The Morgan fingerprint density at radius 2 is 1.76 bits per heavy atom. The summed E-state index contributed by atoms with van der Waals surface area (Å²) in [7, 11) is 3.34. The summed E-state index contributed by atoms with van der Waals surface area (Å²) >= 11 is 0. The lowest BCUT2D eigenvalue weighted by molar-refractivity contribution is 0.0826.